The van der Waals surface area contributed by atoms with Crippen LogP contribution in [0.1, 0.15) is 27.2 Å². The minimum atomic E-state index is 0.330. The Morgan fingerprint density at radius 3 is 2.47 bits per heavy atom. The molecule has 1 aromatic rings. The summed E-state index contributed by atoms with van der Waals surface area (Å²) in [6.07, 6.45) is 1.14. The van der Waals surface area contributed by atoms with Crippen LogP contribution in [0.5, 0.6) is 6.01 Å². The molecule has 2 rings (SSSR count). The van der Waals surface area contributed by atoms with E-state index in [0.29, 0.717) is 29.4 Å². The first-order valence-electron chi connectivity index (χ1n) is 5.85. The van der Waals surface area contributed by atoms with E-state index in [-0.39, 0.29) is 0 Å². The third-order valence-corrected chi connectivity index (χ3v) is 2.95. The summed E-state index contributed by atoms with van der Waals surface area (Å²) < 4.78 is 5.05. The van der Waals surface area contributed by atoms with Crippen molar-refractivity contribution < 1.29 is 4.74 Å². The van der Waals surface area contributed by atoms with Crippen LogP contribution in [-0.4, -0.2) is 34.6 Å². The van der Waals surface area contributed by atoms with Gasteiger partial charge in [0, 0.05) is 12.6 Å². The number of hydrogen-bond donors (Lipinski definition) is 2. The molecule has 0 spiro atoms. The van der Waals surface area contributed by atoms with E-state index in [0.717, 1.165) is 13.0 Å². The van der Waals surface area contributed by atoms with Crippen LogP contribution < -0.4 is 15.4 Å². The maximum atomic E-state index is 5.05. The van der Waals surface area contributed by atoms with E-state index in [9.17, 15) is 0 Å². The van der Waals surface area contributed by atoms with Crippen LogP contribution in [0, 0.1) is 5.41 Å². The normalized spacial score (nSPS) is 20.8. The molecule has 1 saturated carbocycles. The van der Waals surface area contributed by atoms with Crippen molar-refractivity contribution in [2.24, 2.45) is 5.41 Å². The van der Waals surface area contributed by atoms with Crippen LogP contribution in [0.2, 0.25) is 0 Å². The molecule has 17 heavy (non-hydrogen) atoms. The molecule has 1 heterocycles. The highest BCUT2D eigenvalue weighted by molar-refractivity contribution is 5.38. The van der Waals surface area contributed by atoms with Crippen LogP contribution in [0.25, 0.3) is 0 Å². The molecule has 6 heteroatoms. The molecule has 0 aliphatic heterocycles. The number of nitrogens with one attached hydrogen (secondary N) is 2. The zero-order chi connectivity index (χ0) is 12.5. The quantitative estimate of drug-likeness (QED) is 0.809. The van der Waals surface area contributed by atoms with Gasteiger partial charge in [0.05, 0.1) is 7.11 Å². The second kappa shape index (κ2) is 4.35. The van der Waals surface area contributed by atoms with Gasteiger partial charge in [0.25, 0.3) is 0 Å². The number of nitrogens with zero attached hydrogens (tertiary/aromatic N) is 3. The van der Waals surface area contributed by atoms with Gasteiger partial charge in [-0.3, -0.25) is 0 Å². The molecule has 0 bridgehead atoms. The van der Waals surface area contributed by atoms with Crippen molar-refractivity contribution in [1.29, 1.82) is 0 Å². The first-order valence-corrected chi connectivity index (χ1v) is 5.85. The van der Waals surface area contributed by atoms with Gasteiger partial charge in [-0.1, -0.05) is 13.8 Å². The molecule has 2 N–H and O–H groups in total. The standard InChI is InChI=1S/C11H19N5O/c1-5-12-8-14-9(16-10(15-8)17-4)13-7-6-11(7,2)3/h7H,5-6H2,1-4H3,(H2,12,13,14,15,16). The van der Waals surface area contributed by atoms with Crippen LogP contribution >= 0.6 is 0 Å². The van der Waals surface area contributed by atoms with Crippen LogP contribution in [0.3, 0.4) is 0 Å². The lowest BCUT2D eigenvalue weighted by atomic mass is 10.2. The van der Waals surface area contributed by atoms with Gasteiger partial charge in [-0.2, -0.15) is 15.0 Å². The van der Waals surface area contributed by atoms with E-state index in [1.54, 1.807) is 7.11 Å². The Hall–Kier alpha value is -1.59. The number of anilines is 2. The van der Waals surface area contributed by atoms with Crippen LogP contribution in [0.15, 0.2) is 0 Å². The van der Waals surface area contributed by atoms with Crippen LogP contribution in [-0.2, 0) is 0 Å². The summed E-state index contributed by atoms with van der Waals surface area (Å²) in [7, 11) is 1.55. The van der Waals surface area contributed by atoms with E-state index in [1.807, 2.05) is 6.92 Å². The van der Waals surface area contributed by atoms with Gasteiger partial charge >= 0.3 is 6.01 Å². The van der Waals surface area contributed by atoms with Gasteiger partial charge in [-0.15, -0.1) is 0 Å². The zero-order valence-electron chi connectivity index (χ0n) is 10.7. The number of rotatable bonds is 5. The number of ether oxygens (including phenoxy) is 1. The summed E-state index contributed by atoms with van der Waals surface area (Å²) in [5.74, 6) is 1.11. The number of methoxy groups -OCH3 is 1. The van der Waals surface area contributed by atoms with Crippen LogP contribution in [0.4, 0.5) is 11.9 Å². The third kappa shape index (κ3) is 2.75. The van der Waals surface area contributed by atoms with E-state index in [1.165, 1.54) is 0 Å². The average Bonchev–Trinajstić information content (AvgIpc) is 2.86. The molecule has 1 aliphatic rings. The van der Waals surface area contributed by atoms with Crippen molar-refractivity contribution in [3.63, 3.8) is 0 Å². The van der Waals surface area contributed by atoms with E-state index in [2.05, 4.69) is 39.4 Å². The molecule has 6 nitrogen and oxygen atoms in total. The summed E-state index contributed by atoms with van der Waals surface area (Å²) in [5.41, 5.74) is 0.332. The Balaban J connectivity index is 2.12. The van der Waals surface area contributed by atoms with E-state index < -0.39 is 0 Å². The predicted molar refractivity (Wildman–Crippen MR) is 66.4 cm³/mol. The Morgan fingerprint density at radius 2 is 1.94 bits per heavy atom. The van der Waals surface area contributed by atoms with Gasteiger partial charge in [0.15, 0.2) is 0 Å². The van der Waals surface area contributed by atoms with Crippen molar-refractivity contribution >= 4 is 11.9 Å². The molecule has 0 amide bonds. The topological polar surface area (TPSA) is 72.0 Å². The first kappa shape index (κ1) is 11.9. The molecule has 1 aliphatic carbocycles. The van der Waals surface area contributed by atoms with Gasteiger partial charge in [0.1, 0.15) is 0 Å². The second-order valence-corrected chi connectivity index (χ2v) is 4.89. The van der Waals surface area contributed by atoms with E-state index in [4.69, 9.17) is 4.74 Å². The zero-order valence-corrected chi connectivity index (χ0v) is 10.7. The van der Waals surface area contributed by atoms with Gasteiger partial charge in [0.2, 0.25) is 11.9 Å². The largest absolute Gasteiger partial charge is 0.467 e. The molecule has 1 atom stereocenters. The van der Waals surface area contributed by atoms with Gasteiger partial charge < -0.3 is 15.4 Å². The maximum Gasteiger partial charge on any atom is 0.322 e. The number of hydrogen-bond acceptors (Lipinski definition) is 6. The highest BCUT2D eigenvalue weighted by Crippen LogP contribution is 2.46. The maximum absolute atomic E-state index is 5.05. The smallest absolute Gasteiger partial charge is 0.322 e. The lowest BCUT2D eigenvalue weighted by Gasteiger charge is -2.09. The minimum Gasteiger partial charge on any atom is -0.467 e. The van der Waals surface area contributed by atoms with Crippen molar-refractivity contribution in [3.05, 3.63) is 0 Å². The highest BCUT2D eigenvalue weighted by Gasteiger charge is 2.46. The fourth-order valence-electron chi connectivity index (χ4n) is 1.62. The van der Waals surface area contributed by atoms with E-state index >= 15 is 0 Å². The fourth-order valence-corrected chi connectivity index (χ4v) is 1.62. The Kier molecular flexibility index (Phi) is 3.04. The molecular weight excluding hydrogens is 218 g/mol. The molecule has 94 valence electrons. The molecule has 1 fully saturated rings. The van der Waals surface area contributed by atoms with Gasteiger partial charge in [-0.05, 0) is 18.8 Å². The molecule has 0 saturated heterocycles. The lowest BCUT2D eigenvalue weighted by molar-refractivity contribution is 0.379. The van der Waals surface area contributed by atoms with Crippen molar-refractivity contribution in [2.75, 3.05) is 24.3 Å². The Bertz CT molecular complexity index is 407. The summed E-state index contributed by atoms with van der Waals surface area (Å²) in [5, 5.41) is 6.35. The monoisotopic (exact) mass is 237 g/mol. The summed E-state index contributed by atoms with van der Waals surface area (Å²) in [4.78, 5) is 12.6. The van der Waals surface area contributed by atoms with Crippen molar-refractivity contribution in [1.82, 2.24) is 15.0 Å². The average molecular weight is 237 g/mol. The van der Waals surface area contributed by atoms with Gasteiger partial charge in [-0.25, -0.2) is 0 Å². The molecule has 0 aromatic carbocycles. The second-order valence-electron chi connectivity index (χ2n) is 4.89. The summed E-state index contributed by atoms with van der Waals surface area (Å²) >= 11 is 0. The predicted octanol–water partition coefficient (Wildman–Crippen LogP) is 1.52. The lowest BCUT2D eigenvalue weighted by Crippen LogP contribution is -2.14. The minimum absolute atomic E-state index is 0.330. The summed E-state index contributed by atoms with van der Waals surface area (Å²) in [6.45, 7) is 7.19. The first-order chi connectivity index (χ1) is 8.05. The third-order valence-electron chi connectivity index (χ3n) is 2.95. The molecule has 1 unspecified atom stereocenters. The molecule has 0 radical (unpaired) electrons. The molecule has 1 aromatic heterocycles. The SMILES string of the molecule is CCNc1nc(NC2CC2(C)C)nc(OC)n1. The number of aromatic nitrogens is 3. The Morgan fingerprint density at radius 1 is 1.29 bits per heavy atom. The molecular formula is C11H19N5O. The van der Waals surface area contributed by atoms with Crippen molar-refractivity contribution in [2.45, 2.75) is 33.2 Å². The fraction of sp³-hybridized carbons (Fsp3) is 0.727. The Labute approximate surface area is 101 Å². The highest BCUT2D eigenvalue weighted by atomic mass is 16.5. The summed E-state index contributed by atoms with van der Waals surface area (Å²) in [6, 6.07) is 0.765. The van der Waals surface area contributed by atoms with Crippen molar-refractivity contribution in [3.8, 4) is 6.01 Å².